The third kappa shape index (κ3) is 8.60. The quantitative estimate of drug-likeness (QED) is 0.0844. The van der Waals surface area contributed by atoms with Gasteiger partial charge in [0.25, 0.3) is 11.8 Å². The van der Waals surface area contributed by atoms with Gasteiger partial charge in [-0.2, -0.15) is 0 Å². The zero-order chi connectivity index (χ0) is 32.9. The van der Waals surface area contributed by atoms with E-state index in [9.17, 15) is 14.4 Å². The molecule has 0 saturated carbocycles. The highest BCUT2D eigenvalue weighted by molar-refractivity contribution is 14.1. The van der Waals surface area contributed by atoms with Gasteiger partial charge in [-0.25, -0.2) is 0 Å². The van der Waals surface area contributed by atoms with Gasteiger partial charge in [0.2, 0.25) is 0 Å². The SMILES string of the molecule is C=CCOc1cc(Cl)ccc1C1C(=O)N(CCCCC(=O)OC(C)(C)C)c2ccc(I)cc2C(=O)N1C(C)c1ccc(Cl)cc1. The number of anilines is 1. The summed E-state index contributed by atoms with van der Waals surface area (Å²) in [5.74, 6) is -0.509. The molecule has 1 aliphatic rings. The van der Waals surface area contributed by atoms with Crippen LogP contribution in [0.1, 0.15) is 80.5 Å². The number of fused-ring (bicyclic) bond motifs is 1. The Bertz CT molecular complexity index is 1570. The van der Waals surface area contributed by atoms with E-state index in [0.29, 0.717) is 52.0 Å². The highest BCUT2D eigenvalue weighted by Gasteiger charge is 2.44. The molecular formula is C35H37Cl2IN2O5. The van der Waals surface area contributed by atoms with Crippen LogP contribution in [0.5, 0.6) is 5.75 Å². The molecule has 1 aliphatic heterocycles. The molecule has 0 fully saturated rings. The molecule has 10 heteroatoms. The lowest BCUT2D eigenvalue weighted by Crippen LogP contribution is -2.44. The van der Waals surface area contributed by atoms with Gasteiger partial charge in [0, 0.05) is 32.1 Å². The molecule has 0 saturated heterocycles. The number of unbranched alkanes of at least 4 members (excludes halogenated alkanes) is 1. The van der Waals surface area contributed by atoms with Crippen molar-refractivity contribution in [1.29, 1.82) is 0 Å². The molecule has 3 aromatic rings. The van der Waals surface area contributed by atoms with Crippen molar-refractivity contribution in [2.45, 2.75) is 64.6 Å². The molecule has 0 spiro atoms. The highest BCUT2D eigenvalue weighted by Crippen LogP contribution is 2.43. The van der Waals surface area contributed by atoms with E-state index in [1.807, 2.05) is 52.0 Å². The van der Waals surface area contributed by atoms with Gasteiger partial charge in [0.05, 0.1) is 17.3 Å². The second-order valence-corrected chi connectivity index (χ2v) is 13.9. The third-order valence-electron chi connectivity index (χ3n) is 7.32. The molecule has 238 valence electrons. The van der Waals surface area contributed by atoms with Gasteiger partial charge < -0.3 is 19.3 Å². The van der Waals surface area contributed by atoms with Crippen molar-refractivity contribution < 1.29 is 23.9 Å². The van der Waals surface area contributed by atoms with Crippen LogP contribution in [0, 0.1) is 3.57 Å². The Morgan fingerprint density at radius 2 is 1.71 bits per heavy atom. The molecular weight excluding hydrogens is 726 g/mol. The maximum Gasteiger partial charge on any atom is 0.306 e. The molecule has 0 N–H and O–H groups in total. The number of hydrogen-bond donors (Lipinski definition) is 0. The minimum Gasteiger partial charge on any atom is -0.489 e. The van der Waals surface area contributed by atoms with Crippen LogP contribution in [0.4, 0.5) is 5.69 Å². The topological polar surface area (TPSA) is 76.1 Å². The summed E-state index contributed by atoms with van der Waals surface area (Å²) in [5.41, 5.74) is 1.66. The van der Waals surface area contributed by atoms with Crippen molar-refractivity contribution in [3.05, 3.63) is 104 Å². The van der Waals surface area contributed by atoms with Crippen molar-refractivity contribution in [2.24, 2.45) is 0 Å². The van der Waals surface area contributed by atoms with Crippen molar-refractivity contribution in [3.8, 4) is 5.75 Å². The average Bonchev–Trinajstić information content (AvgIpc) is 3.06. The summed E-state index contributed by atoms with van der Waals surface area (Å²) >= 11 is 14.7. The fourth-order valence-electron chi connectivity index (χ4n) is 5.31. The minimum atomic E-state index is -1.06. The van der Waals surface area contributed by atoms with Crippen LogP contribution in [0.25, 0.3) is 0 Å². The van der Waals surface area contributed by atoms with E-state index in [1.54, 1.807) is 52.3 Å². The first-order valence-electron chi connectivity index (χ1n) is 14.7. The smallest absolute Gasteiger partial charge is 0.306 e. The number of ether oxygens (including phenoxy) is 2. The lowest BCUT2D eigenvalue weighted by atomic mass is 9.97. The molecule has 0 bridgehead atoms. The Balaban J connectivity index is 1.82. The van der Waals surface area contributed by atoms with Crippen LogP contribution in [-0.4, -0.2) is 41.4 Å². The molecule has 2 amide bonds. The lowest BCUT2D eigenvalue weighted by molar-refractivity contribution is -0.154. The fourth-order valence-corrected chi connectivity index (χ4v) is 6.09. The number of amides is 2. The Labute approximate surface area is 288 Å². The summed E-state index contributed by atoms with van der Waals surface area (Å²) in [6.45, 7) is 11.6. The van der Waals surface area contributed by atoms with E-state index in [4.69, 9.17) is 32.7 Å². The van der Waals surface area contributed by atoms with E-state index >= 15 is 0 Å². The van der Waals surface area contributed by atoms with Crippen LogP contribution in [0.3, 0.4) is 0 Å². The van der Waals surface area contributed by atoms with Gasteiger partial charge in [-0.1, -0.05) is 54.1 Å². The van der Waals surface area contributed by atoms with Crippen molar-refractivity contribution in [2.75, 3.05) is 18.1 Å². The van der Waals surface area contributed by atoms with Crippen LogP contribution in [0.15, 0.2) is 73.3 Å². The first kappa shape index (κ1) is 34.8. The van der Waals surface area contributed by atoms with Crippen LogP contribution in [0.2, 0.25) is 10.0 Å². The Kier molecular flexibility index (Phi) is 11.6. The molecule has 4 rings (SSSR count). The molecule has 1 heterocycles. The minimum absolute atomic E-state index is 0.182. The number of carbonyl (C=O) groups is 3. The molecule has 7 nitrogen and oxygen atoms in total. The van der Waals surface area contributed by atoms with Gasteiger partial charge in [-0.3, -0.25) is 14.4 Å². The molecule has 45 heavy (non-hydrogen) atoms. The number of halogens is 3. The first-order chi connectivity index (χ1) is 21.3. The van der Waals surface area contributed by atoms with Gasteiger partial charge >= 0.3 is 5.97 Å². The fraction of sp³-hybridized carbons (Fsp3) is 0.343. The number of benzene rings is 3. The van der Waals surface area contributed by atoms with Crippen LogP contribution < -0.4 is 9.64 Å². The molecule has 0 radical (unpaired) electrons. The summed E-state index contributed by atoms with van der Waals surface area (Å²) in [4.78, 5) is 45.2. The molecule has 0 aromatic heterocycles. The largest absolute Gasteiger partial charge is 0.489 e. The van der Waals surface area contributed by atoms with E-state index < -0.39 is 17.7 Å². The zero-order valence-electron chi connectivity index (χ0n) is 25.8. The van der Waals surface area contributed by atoms with E-state index in [1.165, 1.54) is 0 Å². The number of carbonyl (C=O) groups excluding carboxylic acids is 3. The summed E-state index contributed by atoms with van der Waals surface area (Å²) in [5, 5.41) is 0.996. The van der Waals surface area contributed by atoms with Crippen LogP contribution in [-0.2, 0) is 14.3 Å². The average molecular weight is 764 g/mol. The summed E-state index contributed by atoms with van der Waals surface area (Å²) in [6, 6.07) is 16.2. The maximum absolute atomic E-state index is 14.9. The van der Waals surface area contributed by atoms with Crippen molar-refractivity contribution >= 4 is 69.3 Å². The van der Waals surface area contributed by atoms with Gasteiger partial charge in [0.1, 0.15) is 24.0 Å². The van der Waals surface area contributed by atoms with Gasteiger partial charge in [-0.15, -0.1) is 0 Å². The van der Waals surface area contributed by atoms with Crippen molar-refractivity contribution in [3.63, 3.8) is 0 Å². The predicted octanol–water partition coefficient (Wildman–Crippen LogP) is 8.97. The summed E-state index contributed by atoms with van der Waals surface area (Å²) in [7, 11) is 0. The van der Waals surface area contributed by atoms with E-state index in [0.717, 1.165) is 9.13 Å². The number of esters is 1. The monoisotopic (exact) mass is 762 g/mol. The van der Waals surface area contributed by atoms with Gasteiger partial charge in [-0.05, 0) is 111 Å². The molecule has 3 aromatic carbocycles. The third-order valence-corrected chi connectivity index (χ3v) is 8.48. The summed E-state index contributed by atoms with van der Waals surface area (Å²) in [6.07, 6.45) is 2.85. The highest BCUT2D eigenvalue weighted by atomic mass is 127. The van der Waals surface area contributed by atoms with Crippen LogP contribution >= 0.6 is 45.8 Å². The second kappa shape index (κ2) is 15.0. The number of hydrogen-bond acceptors (Lipinski definition) is 5. The Morgan fingerprint density at radius 1 is 1.02 bits per heavy atom. The lowest BCUT2D eigenvalue weighted by Gasteiger charge is -2.36. The standard InChI is InChI=1S/C35H37Cl2IN2O5/c1-6-19-44-30-20-25(37)14-16-27(30)32-34(43)39(18-8-7-9-31(41)45-35(3,4)5)29-17-15-26(38)21-28(29)33(42)40(32)22(2)23-10-12-24(36)13-11-23/h6,10-17,20-22,32H,1,7-9,18-19H2,2-5H3. The summed E-state index contributed by atoms with van der Waals surface area (Å²) < 4.78 is 12.3. The molecule has 2 unspecified atom stereocenters. The maximum atomic E-state index is 14.9. The predicted molar refractivity (Wildman–Crippen MR) is 187 cm³/mol. The Morgan fingerprint density at radius 3 is 2.38 bits per heavy atom. The second-order valence-electron chi connectivity index (χ2n) is 11.8. The van der Waals surface area contributed by atoms with E-state index in [2.05, 4.69) is 29.2 Å². The first-order valence-corrected chi connectivity index (χ1v) is 16.6. The zero-order valence-corrected chi connectivity index (χ0v) is 29.5. The number of rotatable bonds is 11. The van der Waals surface area contributed by atoms with E-state index in [-0.39, 0.29) is 30.8 Å². The number of nitrogens with zero attached hydrogens (tertiary/aromatic N) is 2. The van der Waals surface area contributed by atoms with Crippen molar-refractivity contribution in [1.82, 2.24) is 4.90 Å². The van der Waals surface area contributed by atoms with Gasteiger partial charge in [0.15, 0.2) is 0 Å². The molecule has 0 aliphatic carbocycles. The Hall–Kier alpha value is -3.08. The molecule has 2 atom stereocenters. The normalized spacial score (nSPS) is 15.8.